The lowest BCUT2D eigenvalue weighted by molar-refractivity contribution is -0.121. The normalized spacial score (nSPS) is 12.9. The van der Waals surface area contributed by atoms with Crippen molar-refractivity contribution < 1.29 is 14.4 Å². The molecule has 3 amide bonds. The molecule has 0 radical (unpaired) electrons. The van der Waals surface area contributed by atoms with Gasteiger partial charge in [0.2, 0.25) is 5.91 Å². The number of amides is 3. The van der Waals surface area contributed by atoms with Crippen molar-refractivity contribution in [2.45, 2.75) is 6.42 Å². The first-order valence-corrected chi connectivity index (χ1v) is 8.56. The summed E-state index contributed by atoms with van der Waals surface area (Å²) in [7, 11) is 1.96. The summed E-state index contributed by atoms with van der Waals surface area (Å²) in [4.78, 5) is 39.7. The zero-order valence-corrected chi connectivity index (χ0v) is 14.6. The molecule has 0 fully saturated rings. The van der Waals surface area contributed by atoms with Crippen molar-refractivity contribution in [2.75, 3.05) is 31.6 Å². The number of likely N-dealkylation sites (N-methyl/N-ethyl adjacent to an activating group) is 1. The van der Waals surface area contributed by atoms with Crippen LogP contribution in [0.5, 0.6) is 0 Å². The molecule has 0 bridgehead atoms. The first-order chi connectivity index (χ1) is 12.6. The Morgan fingerprint density at radius 1 is 0.962 bits per heavy atom. The van der Waals surface area contributed by atoms with Crippen LogP contribution in [0.15, 0.2) is 54.6 Å². The van der Waals surface area contributed by atoms with E-state index < -0.39 is 0 Å². The van der Waals surface area contributed by atoms with Gasteiger partial charge in [0.15, 0.2) is 0 Å². The average Bonchev–Trinajstić information content (AvgIpc) is 2.91. The van der Waals surface area contributed by atoms with Gasteiger partial charge in [-0.2, -0.15) is 0 Å². The highest BCUT2D eigenvalue weighted by Crippen LogP contribution is 2.22. The number of hydrogen-bond donors (Lipinski definition) is 1. The van der Waals surface area contributed by atoms with Gasteiger partial charge in [-0.3, -0.25) is 19.3 Å². The minimum atomic E-state index is -0.331. The third-order valence-electron chi connectivity index (χ3n) is 4.41. The number of para-hydroxylation sites is 1. The number of nitrogens with zero attached hydrogens (tertiary/aromatic N) is 2. The lowest BCUT2D eigenvalue weighted by Gasteiger charge is -2.19. The molecular formula is C20H21N3O3. The molecule has 1 heterocycles. The fraction of sp³-hybridized carbons (Fsp3) is 0.250. The number of nitrogens with one attached hydrogen (secondary N) is 1. The molecule has 0 aromatic heterocycles. The zero-order valence-electron chi connectivity index (χ0n) is 14.6. The second kappa shape index (κ2) is 7.82. The summed E-state index contributed by atoms with van der Waals surface area (Å²) in [5, 5.41) is 2.83. The van der Waals surface area contributed by atoms with Crippen LogP contribution in [0.1, 0.15) is 27.1 Å². The molecular weight excluding hydrogens is 330 g/mol. The van der Waals surface area contributed by atoms with Crippen LogP contribution in [0.2, 0.25) is 0 Å². The van der Waals surface area contributed by atoms with E-state index in [2.05, 4.69) is 5.32 Å². The molecule has 0 aliphatic carbocycles. The molecule has 134 valence electrons. The lowest BCUT2D eigenvalue weighted by Crippen LogP contribution is -2.37. The summed E-state index contributed by atoms with van der Waals surface area (Å²) < 4.78 is 0. The molecule has 26 heavy (non-hydrogen) atoms. The van der Waals surface area contributed by atoms with Crippen molar-refractivity contribution >= 4 is 23.4 Å². The van der Waals surface area contributed by atoms with Crippen LogP contribution in [0, 0.1) is 0 Å². The Balaban J connectivity index is 1.44. The van der Waals surface area contributed by atoms with E-state index in [1.54, 1.807) is 24.3 Å². The van der Waals surface area contributed by atoms with Gasteiger partial charge in [0.05, 0.1) is 11.1 Å². The predicted octanol–water partition coefficient (Wildman–Crippen LogP) is 1.93. The molecule has 2 aromatic rings. The van der Waals surface area contributed by atoms with Crippen LogP contribution in [0.3, 0.4) is 0 Å². The maximum atomic E-state index is 12.2. The molecule has 1 aliphatic heterocycles. The fourth-order valence-corrected chi connectivity index (χ4v) is 2.92. The Kier molecular flexibility index (Phi) is 5.31. The monoisotopic (exact) mass is 351 g/mol. The molecule has 0 unspecified atom stereocenters. The van der Waals surface area contributed by atoms with Gasteiger partial charge in [0.25, 0.3) is 11.8 Å². The van der Waals surface area contributed by atoms with Gasteiger partial charge in [0, 0.05) is 38.8 Å². The predicted molar refractivity (Wildman–Crippen MR) is 99.1 cm³/mol. The highest BCUT2D eigenvalue weighted by molar-refractivity contribution is 6.21. The topological polar surface area (TPSA) is 69.7 Å². The summed E-state index contributed by atoms with van der Waals surface area (Å²) in [6.45, 7) is 1.25. The van der Waals surface area contributed by atoms with Gasteiger partial charge in [-0.05, 0) is 24.3 Å². The van der Waals surface area contributed by atoms with Crippen LogP contribution in [0.4, 0.5) is 5.69 Å². The molecule has 0 saturated heterocycles. The summed E-state index contributed by atoms with van der Waals surface area (Å²) >= 11 is 0. The highest BCUT2D eigenvalue weighted by Gasteiger charge is 2.34. The fourth-order valence-electron chi connectivity index (χ4n) is 2.92. The molecule has 6 heteroatoms. The van der Waals surface area contributed by atoms with Gasteiger partial charge in [-0.25, -0.2) is 0 Å². The van der Waals surface area contributed by atoms with E-state index in [-0.39, 0.29) is 30.7 Å². The number of fused-ring (bicyclic) bond motifs is 1. The van der Waals surface area contributed by atoms with E-state index in [9.17, 15) is 14.4 Å². The van der Waals surface area contributed by atoms with Crippen LogP contribution in [0.25, 0.3) is 0 Å². The van der Waals surface area contributed by atoms with Crippen molar-refractivity contribution in [1.82, 2.24) is 10.2 Å². The molecule has 0 spiro atoms. The summed E-state index contributed by atoms with van der Waals surface area (Å²) in [5.74, 6) is -0.840. The Morgan fingerprint density at radius 2 is 1.54 bits per heavy atom. The average molecular weight is 351 g/mol. The third-order valence-corrected chi connectivity index (χ3v) is 4.41. The standard InChI is InChI=1S/C20H21N3O3/c1-22(15-7-3-2-4-8-15)14-12-21-18(24)11-13-23-19(25)16-9-5-6-10-17(16)20(23)26/h2-10H,11-14H2,1H3,(H,21,24). The summed E-state index contributed by atoms with van der Waals surface area (Å²) in [6.07, 6.45) is 0.0977. The smallest absolute Gasteiger partial charge is 0.261 e. The van der Waals surface area contributed by atoms with Gasteiger partial charge < -0.3 is 10.2 Å². The number of benzene rings is 2. The number of anilines is 1. The first kappa shape index (κ1) is 17.7. The van der Waals surface area contributed by atoms with Gasteiger partial charge >= 0.3 is 0 Å². The van der Waals surface area contributed by atoms with Crippen molar-refractivity contribution in [3.8, 4) is 0 Å². The second-order valence-electron chi connectivity index (χ2n) is 6.16. The first-order valence-electron chi connectivity index (χ1n) is 8.56. The molecule has 6 nitrogen and oxygen atoms in total. The Morgan fingerprint density at radius 3 is 2.15 bits per heavy atom. The largest absolute Gasteiger partial charge is 0.373 e. The third kappa shape index (κ3) is 3.74. The van der Waals surface area contributed by atoms with Crippen molar-refractivity contribution in [3.05, 3.63) is 65.7 Å². The van der Waals surface area contributed by atoms with E-state index >= 15 is 0 Å². The van der Waals surface area contributed by atoms with E-state index in [1.165, 1.54) is 0 Å². The lowest BCUT2D eigenvalue weighted by atomic mass is 10.1. The molecule has 1 N–H and O–H groups in total. The van der Waals surface area contributed by atoms with Crippen LogP contribution in [-0.4, -0.2) is 49.3 Å². The molecule has 1 aliphatic rings. The second-order valence-corrected chi connectivity index (χ2v) is 6.16. The van der Waals surface area contributed by atoms with Crippen LogP contribution >= 0.6 is 0 Å². The number of imide groups is 1. The Labute approximate surface area is 152 Å². The summed E-state index contributed by atoms with van der Waals surface area (Å²) in [5.41, 5.74) is 1.89. The van der Waals surface area contributed by atoms with Crippen LogP contribution < -0.4 is 10.2 Å². The van der Waals surface area contributed by atoms with E-state index in [4.69, 9.17) is 0 Å². The minimum absolute atomic E-state index is 0.0900. The summed E-state index contributed by atoms with van der Waals surface area (Å²) in [6, 6.07) is 16.6. The maximum Gasteiger partial charge on any atom is 0.261 e. The van der Waals surface area contributed by atoms with Crippen LogP contribution in [-0.2, 0) is 4.79 Å². The van der Waals surface area contributed by atoms with Gasteiger partial charge in [-0.1, -0.05) is 30.3 Å². The van der Waals surface area contributed by atoms with Gasteiger partial charge in [-0.15, -0.1) is 0 Å². The Bertz CT molecular complexity index is 785. The molecule has 2 aromatic carbocycles. The zero-order chi connectivity index (χ0) is 18.5. The van der Waals surface area contributed by atoms with E-state index in [0.717, 1.165) is 10.6 Å². The van der Waals surface area contributed by atoms with E-state index in [0.29, 0.717) is 24.2 Å². The SMILES string of the molecule is CN(CCNC(=O)CCN1C(=O)c2ccccc2C1=O)c1ccccc1. The van der Waals surface area contributed by atoms with Gasteiger partial charge in [0.1, 0.15) is 0 Å². The molecule has 3 rings (SSSR count). The minimum Gasteiger partial charge on any atom is -0.373 e. The van der Waals surface area contributed by atoms with Crippen molar-refractivity contribution in [1.29, 1.82) is 0 Å². The number of carbonyl (C=O) groups is 3. The quantitative estimate of drug-likeness (QED) is 0.774. The Hall–Kier alpha value is -3.15. The van der Waals surface area contributed by atoms with Crippen molar-refractivity contribution in [3.63, 3.8) is 0 Å². The molecule has 0 atom stereocenters. The number of carbonyl (C=O) groups excluding carboxylic acids is 3. The van der Waals surface area contributed by atoms with E-state index in [1.807, 2.05) is 42.3 Å². The van der Waals surface area contributed by atoms with Crippen molar-refractivity contribution in [2.24, 2.45) is 0 Å². The highest BCUT2D eigenvalue weighted by atomic mass is 16.2. The number of hydrogen-bond acceptors (Lipinski definition) is 4. The molecule has 0 saturated carbocycles. The number of rotatable bonds is 7. The maximum absolute atomic E-state index is 12.2.